The van der Waals surface area contributed by atoms with Crippen LogP contribution in [-0.2, 0) is 22.6 Å². The van der Waals surface area contributed by atoms with Crippen molar-refractivity contribution in [1.82, 2.24) is 20.1 Å². The number of hydrogen-bond donors (Lipinski definition) is 3. The number of carbonyl (C=O) groups is 2. The number of rotatable bonds is 8. The third kappa shape index (κ3) is 5.42. The third-order valence-electron chi connectivity index (χ3n) is 3.33. The van der Waals surface area contributed by atoms with Crippen LogP contribution in [0.5, 0.6) is 0 Å². The van der Waals surface area contributed by atoms with E-state index in [1.54, 1.807) is 0 Å². The van der Waals surface area contributed by atoms with E-state index in [1.807, 2.05) is 30.3 Å². The number of carbonyl (C=O) groups excluding carboxylic acids is 1. The summed E-state index contributed by atoms with van der Waals surface area (Å²) >= 11 is 0. The van der Waals surface area contributed by atoms with Crippen LogP contribution in [0.25, 0.3) is 0 Å². The number of hydrogen-bond acceptors (Lipinski definition) is 4. The molecule has 0 spiro atoms. The molecule has 0 aliphatic heterocycles. The number of aliphatic carboxylic acids is 1. The second-order valence-electron chi connectivity index (χ2n) is 5.18. The first kappa shape index (κ1) is 16.5. The zero-order valence-electron chi connectivity index (χ0n) is 12.4. The predicted molar refractivity (Wildman–Crippen MR) is 81.8 cm³/mol. The minimum Gasteiger partial charge on any atom is -0.481 e. The summed E-state index contributed by atoms with van der Waals surface area (Å²) < 4.78 is 1.14. The van der Waals surface area contributed by atoms with Gasteiger partial charge in [-0.15, -0.1) is 0 Å². The molecule has 1 aromatic carbocycles. The topological polar surface area (TPSA) is 117 Å². The second kappa shape index (κ2) is 7.92. The number of nitrogens with zero attached hydrogens (tertiary/aromatic N) is 2. The van der Waals surface area contributed by atoms with E-state index in [0.717, 1.165) is 10.1 Å². The Labute approximate surface area is 132 Å². The molecular formula is C15H18N4O4. The molecule has 0 saturated carbocycles. The van der Waals surface area contributed by atoms with Crippen LogP contribution in [0.2, 0.25) is 0 Å². The first-order chi connectivity index (χ1) is 11.0. The van der Waals surface area contributed by atoms with Crippen LogP contribution in [0, 0.1) is 0 Å². The molecule has 0 aliphatic rings. The highest BCUT2D eigenvalue weighted by atomic mass is 16.4. The van der Waals surface area contributed by atoms with Crippen LogP contribution < -0.4 is 11.0 Å². The molecule has 8 nitrogen and oxygen atoms in total. The maximum atomic E-state index is 12.0. The first-order valence-corrected chi connectivity index (χ1v) is 7.19. The molecule has 0 aliphatic carbocycles. The van der Waals surface area contributed by atoms with Crippen LogP contribution in [0.4, 0.5) is 0 Å². The van der Waals surface area contributed by atoms with Crippen LogP contribution in [0.3, 0.4) is 0 Å². The minimum absolute atomic E-state index is 0.0383. The van der Waals surface area contributed by atoms with Crippen LogP contribution in [0.1, 0.15) is 18.4 Å². The summed E-state index contributed by atoms with van der Waals surface area (Å²) in [7, 11) is 0. The van der Waals surface area contributed by atoms with Gasteiger partial charge in [-0.25, -0.2) is 9.89 Å². The summed E-state index contributed by atoms with van der Waals surface area (Å²) in [6.07, 6.45) is 2.05. The Morgan fingerprint density at radius 2 is 2.04 bits per heavy atom. The molecular weight excluding hydrogens is 300 g/mol. The number of carboxylic acid groups (broad SMARTS) is 1. The van der Waals surface area contributed by atoms with Gasteiger partial charge in [0.05, 0.1) is 0 Å². The smallest absolute Gasteiger partial charge is 0.343 e. The highest BCUT2D eigenvalue weighted by molar-refractivity contribution is 5.76. The molecule has 2 aromatic rings. The SMILES string of the molecule is O=C(O)CCC(Cc1ccccc1)NC(=O)Cn1cn[nH]c1=O. The van der Waals surface area contributed by atoms with Gasteiger partial charge in [0.2, 0.25) is 5.91 Å². The quantitative estimate of drug-likeness (QED) is 0.641. The van der Waals surface area contributed by atoms with Crippen molar-refractivity contribution >= 4 is 11.9 Å². The average Bonchev–Trinajstić information content (AvgIpc) is 2.91. The van der Waals surface area contributed by atoms with Gasteiger partial charge < -0.3 is 10.4 Å². The average molecular weight is 318 g/mol. The molecule has 2 rings (SSSR count). The molecule has 0 saturated heterocycles. The van der Waals surface area contributed by atoms with Crippen molar-refractivity contribution in [1.29, 1.82) is 0 Å². The maximum Gasteiger partial charge on any atom is 0.343 e. The first-order valence-electron chi connectivity index (χ1n) is 7.19. The summed E-state index contributed by atoms with van der Waals surface area (Å²) in [6, 6.07) is 9.18. The Morgan fingerprint density at radius 1 is 1.30 bits per heavy atom. The third-order valence-corrected chi connectivity index (χ3v) is 3.33. The lowest BCUT2D eigenvalue weighted by Gasteiger charge is -2.18. The lowest BCUT2D eigenvalue weighted by atomic mass is 10.0. The lowest BCUT2D eigenvalue weighted by Crippen LogP contribution is -2.40. The standard InChI is InChI=1S/C15H18N4O4/c20-13(9-19-10-16-18-15(19)23)17-12(6-7-14(21)22)8-11-4-2-1-3-5-11/h1-5,10,12H,6-9H2,(H,17,20)(H,18,23)(H,21,22). The molecule has 3 N–H and O–H groups in total. The number of aromatic nitrogens is 3. The zero-order valence-corrected chi connectivity index (χ0v) is 12.4. The monoisotopic (exact) mass is 318 g/mol. The van der Waals surface area contributed by atoms with Crippen molar-refractivity contribution in [2.45, 2.75) is 31.8 Å². The van der Waals surface area contributed by atoms with Gasteiger partial charge in [-0.3, -0.25) is 14.2 Å². The number of H-pyrrole nitrogens is 1. The summed E-state index contributed by atoms with van der Waals surface area (Å²) in [4.78, 5) is 34.2. The largest absolute Gasteiger partial charge is 0.481 e. The summed E-state index contributed by atoms with van der Waals surface area (Å²) in [5, 5.41) is 17.4. The molecule has 1 amide bonds. The fraction of sp³-hybridized carbons (Fsp3) is 0.333. The van der Waals surface area contributed by atoms with Gasteiger partial charge in [0.15, 0.2) is 0 Å². The number of nitrogens with one attached hydrogen (secondary N) is 2. The Morgan fingerprint density at radius 3 is 2.65 bits per heavy atom. The number of aromatic amines is 1. The number of carboxylic acids is 1. The Bertz CT molecular complexity index is 708. The van der Waals surface area contributed by atoms with Gasteiger partial charge in [-0.05, 0) is 18.4 Å². The maximum absolute atomic E-state index is 12.0. The van der Waals surface area contributed by atoms with E-state index >= 15 is 0 Å². The van der Waals surface area contributed by atoms with E-state index in [-0.39, 0.29) is 24.9 Å². The molecule has 23 heavy (non-hydrogen) atoms. The Balaban J connectivity index is 1.98. The molecule has 8 heteroatoms. The molecule has 1 atom stereocenters. The Kier molecular flexibility index (Phi) is 5.67. The van der Waals surface area contributed by atoms with Gasteiger partial charge in [0.1, 0.15) is 12.9 Å². The van der Waals surface area contributed by atoms with E-state index in [1.165, 1.54) is 6.33 Å². The zero-order chi connectivity index (χ0) is 16.7. The fourth-order valence-corrected chi connectivity index (χ4v) is 2.23. The summed E-state index contributed by atoms with van der Waals surface area (Å²) in [6.45, 7) is -0.159. The fourth-order valence-electron chi connectivity index (χ4n) is 2.23. The van der Waals surface area contributed by atoms with Crippen molar-refractivity contribution in [2.75, 3.05) is 0 Å². The molecule has 122 valence electrons. The van der Waals surface area contributed by atoms with Crippen molar-refractivity contribution in [3.63, 3.8) is 0 Å². The van der Waals surface area contributed by atoms with Gasteiger partial charge in [-0.1, -0.05) is 30.3 Å². The van der Waals surface area contributed by atoms with Gasteiger partial charge >= 0.3 is 11.7 Å². The molecule has 1 unspecified atom stereocenters. The van der Waals surface area contributed by atoms with Gasteiger partial charge in [0.25, 0.3) is 0 Å². The minimum atomic E-state index is -0.914. The van der Waals surface area contributed by atoms with E-state index in [4.69, 9.17) is 5.11 Å². The van der Waals surface area contributed by atoms with Crippen molar-refractivity contribution in [3.8, 4) is 0 Å². The predicted octanol–water partition coefficient (Wildman–Crippen LogP) is 0.164. The molecule has 0 bridgehead atoms. The Hall–Kier alpha value is -2.90. The molecule has 0 radical (unpaired) electrons. The summed E-state index contributed by atoms with van der Waals surface area (Å²) in [5.41, 5.74) is 0.536. The van der Waals surface area contributed by atoms with E-state index < -0.39 is 11.7 Å². The normalized spacial score (nSPS) is 11.8. The number of benzene rings is 1. The molecule has 1 heterocycles. The van der Waals surface area contributed by atoms with Crippen molar-refractivity contribution in [2.24, 2.45) is 0 Å². The highest BCUT2D eigenvalue weighted by Gasteiger charge is 2.15. The van der Waals surface area contributed by atoms with Crippen LogP contribution in [0.15, 0.2) is 41.5 Å². The van der Waals surface area contributed by atoms with Crippen molar-refractivity contribution < 1.29 is 14.7 Å². The van der Waals surface area contributed by atoms with Crippen LogP contribution >= 0.6 is 0 Å². The van der Waals surface area contributed by atoms with Crippen LogP contribution in [-0.4, -0.2) is 37.8 Å². The molecule has 1 aromatic heterocycles. The van der Waals surface area contributed by atoms with E-state index in [2.05, 4.69) is 15.5 Å². The highest BCUT2D eigenvalue weighted by Crippen LogP contribution is 2.08. The van der Waals surface area contributed by atoms with E-state index in [9.17, 15) is 14.4 Å². The van der Waals surface area contributed by atoms with Gasteiger partial charge in [0, 0.05) is 12.5 Å². The van der Waals surface area contributed by atoms with E-state index in [0.29, 0.717) is 12.8 Å². The summed E-state index contributed by atoms with van der Waals surface area (Å²) in [5.74, 6) is -1.27. The molecule has 0 fully saturated rings. The van der Waals surface area contributed by atoms with Gasteiger partial charge in [-0.2, -0.15) is 5.10 Å². The second-order valence-corrected chi connectivity index (χ2v) is 5.18. The number of amides is 1. The lowest BCUT2D eigenvalue weighted by molar-refractivity contribution is -0.137. The van der Waals surface area contributed by atoms with Crippen molar-refractivity contribution in [3.05, 3.63) is 52.7 Å².